The summed E-state index contributed by atoms with van der Waals surface area (Å²) in [5.41, 5.74) is 0.975. The van der Waals surface area contributed by atoms with Crippen molar-refractivity contribution in [1.82, 2.24) is 10.2 Å². The Morgan fingerprint density at radius 3 is 2.42 bits per heavy atom. The molecule has 144 valence electrons. The molecular formula is C20H30N2O4. The number of rotatable bonds is 7. The van der Waals surface area contributed by atoms with E-state index < -0.39 is 0 Å². The molecule has 0 spiro atoms. The van der Waals surface area contributed by atoms with Crippen molar-refractivity contribution in [2.75, 3.05) is 27.8 Å². The first kappa shape index (κ1) is 19.0. The number of carbonyl (C=O) groups excluding carboxylic acids is 1. The largest absolute Gasteiger partial charge is 0.493 e. The summed E-state index contributed by atoms with van der Waals surface area (Å²) in [6.45, 7) is 0.870. The molecular weight excluding hydrogens is 332 g/mol. The van der Waals surface area contributed by atoms with Crippen molar-refractivity contribution in [2.24, 2.45) is 11.8 Å². The average Bonchev–Trinajstić information content (AvgIpc) is 3.17. The summed E-state index contributed by atoms with van der Waals surface area (Å²) in [6, 6.07) is 6.10. The van der Waals surface area contributed by atoms with Crippen LogP contribution in [-0.4, -0.2) is 55.9 Å². The molecule has 1 aromatic carbocycles. The minimum absolute atomic E-state index is 0.0272. The van der Waals surface area contributed by atoms with E-state index in [0.717, 1.165) is 31.2 Å². The van der Waals surface area contributed by atoms with Gasteiger partial charge in [-0.3, -0.25) is 9.69 Å². The van der Waals surface area contributed by atoms with Gasteiger partial charge in [0.15, 0.2) is 11.5 Å². The van der Waals surface area contributed by atoms with E-state index in [1.807, 2.05) is 25.2 Å². The molecule has 2 fully saturated rings. The summed E-state index contributed by atoms with van der Waals surface area (Å²) in [4.78, 5) is 14.5. The van der Waals surface area contributed by atoms with Crippen molar-refractivity contribution in [3.63, 3.8) is 0 Å². The van der Waals surface area contributed by atoms with E-state index in [1.54, 1.807) is 14.2 Å². The van der Waals surface area contributed by atoms with Crippen molar-refractivity contribution >= 4 is 5.91 Å². The SMILES string of the molecule is COc1ccc(CNC(=O)CN(C)C2C[C@H]3CC(O)C[C@H]3C2)cc1OC. The fourth-order valence-electron chi connectivity index (χ4n) is 4.52. The van der Waals surface area contributed by atoms with Crippen LogP contribution in [0.15, 0.2) is 18.2 Å². The molecule has 0 saturated heterocycles. The maximum absolute atomic E-state index is 12.3. The van der Waals surface area contributed by atoms with Gasteiger partial charge in [0.25, 0.3) is 0 Å². The van der Waals surface area contributed by atoms with Crippen LogP contribution in [0.4, 0.5) is 0 Å². The predicted molar refractivity (Wildman–Crippen MR) is 99.3 cm³/mol. The average molecular weight is 362 g/mol. The highest BCUT2D eigenvalue weighted by Crippen LogP contribution is 2.45. The maximum Gasteiger partial charge on any atom is 0.234 e. The summed E-state index contributed by atoms with van der Waals surface area (Å²) < 4.78 is 10.5. The van der Waals surface area contributed by atoms with E-state index in [9.17, 15) is 9.90 Å². The Balaban J connectivity index is 1.46. The smallest absolute Gasteiger partial charge is 0.234 e. The van der Waals surface area contributed by atoms with Gasteiger partial charge in [-0.05, 0) is 62.3 Å². The molecule has 1 amide bonds. The highest BCUT2D eigenvalue weighted by atomic mass is 16.5. The summed E-state index contributed by atoms with van der Waals surface area (Å²) in [5.74, 6) is 2.63. The lowest BCUT2D eigenvalue weighted by atomic mass is 10.0. The van der Waals surface area contributed by atoms with E-state index in [4.69, 9.17) is 9.47 Å². The quantitative estimate of drug-likeness (QED) is 0.774. The number of hydrogen-bond acceptors (Lipinski definition) is 5. The van der Waals surface area contributed by atoms with Crippen LogP contribution >= 0.6 is 0 Å². The number of fused-ring (bicyclic) bond motifs is 1. The molecule has 1 aromatic rings. The van der Waals surface area contributed by atoms with Gasteiger partial charge in [0, 0.05) is 12.6 Å². The van der Waals surface area contributed by atoms with E-state index in [0.29, 0.717) is 42.5 Å². The Hall–Kier alpha value is -1.79. The van der Waals surface area contributed by atoms with Gasteiger partial charge >= 0.3 is 0 Å². The highest BCUT2D eigenvalue weighted by molar-refractivity contribution is 5.78. The van der Waals surface area contributed by atoms with Crippen LogP contribution in [0.3, 0.4) is 0 Å². The van der Waals surface area contributed by atoms with Gasteiger partial charge in [0.1, 0.15) is 0 Å². The van der Waals surface area contributed by atoms with E-state index >= 15 is 0 Å². The maximum atomic E-state index is 12.3. The first-order valence-electron chi connectivity index (χ1n) is 9.36. The molecule has 4 atom stereocenters. The molecule has 2 saturated carbocycles. The van der Waals surface area contributed by atoms with E-state index in [2.05, 4.69) is 10.2 Å². The number of hydrogen-bond donors (Lipinski definition) is 2. The highest BCUT2D eigenvalue weighted by Gasteiger charge is 2.42. The summed E-state index contributed by atoms with van der Waals surface area (Å²) >= 11 is 0. The van der Waals surface area contributed by atoms with Gasteiger partial charge < -0.3 is 19.9 Å². The molecule has 0 heterocycles. The minimum atomic E-state index is -0.110. The topological polar surface area (TPSA) is 71.0 Å². The lowest BCUT2D eigenvalue weighted by molar-refractivity contribution is -0.122. The van der Waals surface area contributed by atoms with Crippen LogP contribution < -0.4 is 14.8 Å². The second-order valence-electron chi connectivity index (χ2n) is 7.65. The van der Waals surface area contributed by atoms with Crippen molar-refractivity contribution in [3.05, 3.63) is 23.8 Å². The van der Waals surface area contributed by atoms with Gasteiger partial charge in [-0.15, -0.1) is 0 Å². The Morgan fingerprint density at radius 2 is 1.81 bits per heavy atom. The summed E-state index contributed by atoms with van der Waals surface area (Å²) in [5, 5.41) is 12.7. The summed E-state index contributed by atoms with van der Waals surface area (Å²) in [6.07, 6.45) is 3.95. The molecule has 2 aliphatic rings. The second kappa shape index (κ2) is 8.27. The van der Waals surface area contributed by atoms with E-state index in [1.165, 1.54) is 0 Å². The number of ether oxygens (including phenoxy) is 2. The molecule has 0 radical (unpaired) electrons. The van der Waals surface area contributed by atoms with Crippen LogP contribution in [0.25, 0.3) is 0 Å². The van der Waals surface area contributed by atoms with Crippen LogP contribution in [0.1, 0.15) is 31.2 Å². The minimum Gasteiger partial charge on any atom is -0.493 e. The molecule has 0 aliphatic heterocycles. The monoisotopic (exact) mass is 362 g/mol. The van der Waals surface area contributed by atoms with Gasteiger partial charge in [0.2, 0.25) is 5.91 Å². The summed E-state index contributed by atoms with van der Waals surface area (Å²) in [7, 11) is 5.23. The van der Waals surface area contributed by atoms with Crippen LogP contribution in [0.5, 0.6) is 11.5 Å². The molecule has 2 aliphatic carbocycles. The first-order chi connectivity index (χ1) is 12.5. The predicted octanol–water partition coefficient (Wildman–Crippen LogP) is 1.80. The molecule has 0 aromatic heterocycles. The number of likely N-dealkylation sites (N-methyl/N-ethyl adjacent to an activating group) is 1. The van der Waals surface area contributed by atoms with Gasteiger partial charge in [-0.2, -0.15) is 0 Å². The Bertz CT molecular complexity index is 622. The van der Waals surface area contributed by atoms with E-state index in [-0.39, 0.29) is 12.0 Å². The Labute approximate surface area is 155 Å². The number of aliphatic hydroxyl groups is 1. The molecule has 0 bridgehead atoms. The van der Waals surface area contributed by atoms with Crippen LogP contribution in [0.2, 0.25) is 0 Å². The Morgan fingerprint density at radius 1 is 1.15 bits per heavy atom. The molecule has 6 heteroatoms. The van der Waals surface area contributed by atoms with Gasteiger partial charge in [-0.25, -0.2) is 0 Å². The number of aliphatic hydroxyl groups excluding tert-OH is 1. The third kappa shape index (κ3) is 4.30. The number of benzene rings is 1. The number of methoxy groups -OCH3 is 2. The first-order valence-corrected chi connectivity index (χ1v) is 9.36. The molecule has 3 rings (SSSR count). The number of carbonyl (C=O) groups is 1. The van der Waals surface area contributed by atoms with Crippen LogP contribution in [0, 0.1) is 11.8 Å². The Kier molecular flexibility index (Phi) is 6.04. The molecule has 2 N–H and O–H groups in total. The second-order valence-corrected chi connectivity index (χ2v) is 7.65. The van der Waals surface area contributed by atoms with Gasteiger partial charge in [-0.1, -0.05) is 6.07 Å². The third-order valence-corrected chi connectivity index (χ3v) is 5.92. The zero-order chi connectivity index (χ0) is 18.7. The molecule has 26 heavy (non-hydrogen) atoms. The van der Waals surface area contributed by atoms with Gasteiger partial charge in [0.05, 0.1) is 26.9 Å². The zero-order valence-corrected chi connectivity index (χ0v) is 15.9. The van der Waals surface area contributed by atoms with Crippen molar-refractivity contribution in [1.29, 1.82) is 0 Å². The molecule has 6 nitrogen and oxygen atoms in total. The standard InChI is InChI=1S/C20H30N2O4/c1-22(16-7-14-9-17(23)10-15(14)8-16)12-20(24)21-11-13-4-5-18(25-2)19(6-13)26-3/h4-6,14-17,23H,7-12H2,1-3H3,(H,21,24)/t14-,15+,16?,17?. The lowest BCUT2D eigenvalue weighted by Gasteiger charge is -2.24. The fourth-order valence-corrected chi connectivity index (χ4v) is 4.52. The van der Waals surface area contributed by atoms with Crippen molar-refractivity contribution in [3.8, 4) is 11.5 Å². The molecule has 2 unspecified atom stereocenters. The number of amides is 1. The third-order valence-electron chi connectivity index (χ3n) is 5.92. The number of nitrogens with zero attached hydrogens (tertiary/aromatic N) is 1. The number of nitrogens with one attached hydrogen (secondary N) is 1. The van der Waals surface area contributed by atoms with Crippen LogP contribution in [-0.2, 0) is 11.3 Å². The van der Waals surface area contributed by atoms with Crippen molar-refractivity contribution in [2.45, 2.75) is 44.4 Å². The lowest BCUT2D eigenvalue weighted by Crippen LogP contribution is -2.39. The zero-order valence-electron chi connectivity index (χ0n) is 15.9. The van der Waals surface area contributed by atoms with Crippen molar-refractivity contribution < 1.29 is 19.4 Å². The fraction of sp³-hybridized carbons (Fsp3) is 0.650. The normalized spacial score (nSPS) is 27.4.